The van der Waals surface area contributed by atoms with Crippen molar-refractivity contribution in [3.05, 3.63) is 71.8 Å². The lowest BCUT2D eigenvalue weighted by molar-refractivity contribution is -0.133. The summed E-state index contributed by atoms with van der Waals surface area (Å²) in [5.74, 6) is -3.47. The third-order valence-electron chi connectivity index (χ3n) is 6.88. The van der Waals surface area contributed by atoms with E-state index in [0.717, 1.165) is 5.56 Å². The average Bonchev–Trinajstić information content (AvgIpc) is 3.04. The molecule has 264 valence electrons. The smallest absolute Gasteiger partial charge is 0.244 e. The number of amides is 5. The lowest BCUT2D eigenvalue weighted by atomic mass is 10.00. The number of rotatable bonds is 19. The van der Waals surface area contributed by atoms with E-state index in [1.165, 1.54) is 6.08 Å². The van der Waals surface area contributed by atoms with Gasteiger partial charge >= 0.3 is 0 Å². The number of guanidine groups is 2. The highest BCUT2D eigenvalue weighted by atomic mass is 16.2. The van der Waals surface area contributed by atoms with E-state index in [4.69, 9.17) is 28.7 Å². The molecule has 0 bridgehead atoms. The van der Waals surface area contributed by atoms with Crippen molar-refractivity contribution in [2.24, 2.45) is 44.6 Å². The van der Waals surface area contributed by atoms with Crippen LogP contribution >= 0.6 is 0 Å². The van der Waals surface area contributed by atoms with E-state index in [9.17, 15) is 24.0 Å². The Kier molecular flexibility index (Phi) is 16.3. The molecule has 0 aliphatic heterocycles. The second-order valence-electron chi connectivity index (χ2n) is 11.6. The zero-order chi connectivity index (χ0) is 36.3. The summed E-state index contributed by atoms with van der Waals surface area (Å²) in [6.45, 7) is 3.53. The first-order valence-electron chi connectivity index (χ1n) is 15.7. The van der Waals surface area contributed by atoms with Gasteiger partial charge in [-0.3, -0.25) is 29.0 Å². The van der Waals surface area contributed by atoms with Crippen molar-refractivity contribution in [2.75, 3.05) is 13.1 Å². The maximum Gasteiger partial charge on any atom is 0.244 e. The Labute approximate surface area is 285 Å². The molecule has 5 amide bonds. The van der Waals surface area contributed by atoms with Crippen LogP contribution in [0.25, 0.3) is 6.08 Å². The Hall–Kier alpha value is -5.93. The minimum atomic E-state index is -1.16. The second-order valence-corrected chi connectivity index (χ2v) is 11.6. The van der Waals surface area contributed by atoms with Crippen molar-refractivity contribution in [1.29, 1.82) is 0 Å². The van der Waals surface area contributed by atoms with Gasteiger partial charge in [0.25, 0.3) is 0 Å². The quantitative estimate of drug-likeness (QED) is 0.0381. The first kappa shape index (κ1) is 39.2. The molecular formula is C33H47N11O5. The molecule has 16 nitrogen and oxygen atoms in total. The third kappa shape index (κ3) is 16.0. The number of primary amides is 1. The number of carbonyl (C=O) groups is 5. The zero-order valence-corrected chi connectivity index (χ0v) is 27.7. The second kappa shape index (κ2) is 20.3. The maximum absolute atomic E-state index is 13.7. The van der Waals surface area contributed by atoms with Crippen LogP contribution in [0, 0.1) is 5.92 Å². The molecule has 2 aromatic carbocycles. The predicted octanol–water partition coefficient (Wildman–Crippen LogP) is -0.997. The summed E-state index contributed by atoms with van der Waals surface area (Å²) < 4.78 is 0. The van der Waals surface area contributed by atoms with Crippen molar-refractivity contribution in [2.45, 2.75) is 57.7 Å². The monoisotopic (exact) mass is 677 g/mol. The van der Waals surface area contributed by atoms with Crippen LogP contribution in [0.3, 0.4) is 0 Å². The normalized spacial score (nSPS) is 12.6. The predicted molar refractivity (Wildman–Crippen MR) is 188 cm³/mol. The van der Waals surface area contributed by atoms with Crippen LogP contribution in [0.2, 0.25) is 0 Å². The van der Waals surface area contributed by atoms with E-state index >= 15 is 0 Å². The fraction of sp³-hybridized carbons (Fsp3) is 0.364. The highest BCUT2D eigenvalue weighted by molar-refractivity contribution is 5.96. The zero-order valence-electron chi connectivity index (χ0n) is 27.7. The Morgan fingerprint density at radius 1 is 0.776 bits per heavy atom. The van der Waals surface area contributed by atoms with Gasteiger partial charge in [0.1, 0.15) is 18.1 Å². The Morgan fingerprint density at radius 2 is 1.41 bits per heavy atom. The molecule has 49 heavy (non-hydrogen) atoms. The van der Waals surface area contributed by atoms with Crippen molar-refractivity contribution in [1.82, 2.24) is 21.3 Å². The molecular weight excluding hydrogens is 630 g/mol. The summed E-state index contributed by atoms with van der Waals surface area (Å²) in [7, 11) is 0. The lowest BCUT2D eigenvalue weighted by Crippen LogP contribution is -2.57. The first-order chi connectivity index (χ1) is 23.2. The molecule has 0 aromatic heterocycles. The van der Waals surface area contributed by atoms with Crippen molar-refractivity contribution < 1.29 is 24.0 Å². The number of nitrogens with zero attached hydrogens (tertiary/aromatic N) is 2. The molecule has 0 aliphatic rings. The van der Waals surface area contributed by atoms with Gasteiger partial charge in [-0.2, -0.15) is 0 Å². The van der Waals surface area contributed by atoms with Crippen LogP contribution in [-0.4, -0.2) is 72.7 Å². The summed E-state index contributed by atoms with van der Waals surface area (Å²) in [5, 5.41) is 10.5. The number of nitrogens with two attached hydrogens (primary N) is 5. The lowest BCUT2D eigenvalue weighted by Gasteiger charge is -2.26. The standard InChI is InChI=1S/C33H47N11O5/c1-20(2)17-25(30(48)43-24(29(34)47)9-6-16-39-32(35)36)44-31(49)26(18-22-10-13-23(14-11-22)41-33(37)38)42-28(46)19-40-27(45)15-12-21-7-4-3-5-8-21/h3-5,7-8,10-15,20,24-26H,6,9,16-19H2,1-2H3,(H2,34,47)(H,40,45)(H,42,46)(H,43,48)(H,44,49)(H4,35,36,39)(H4,37,38,41)/b15-12+/t24-,25-,26-/m0/s1. The topological polar surface area (TPSA) is 288 Å². The Bertz CT molecular complexity index is 1500. The van der Waals surface area contributed by atoms with Crippen LogP contribution in [0.15, 0.2) is 70.7 Å². The minimum Gasteiger partial charge on any atom is -0.370 e. The van der Waals surface area contributed by atoms with Crippen LogP contribution in [0.4, 0.5) is 5.69 Å². The van der Waals surface area contributed by atoms with Gasteiger partial charge in [0.2, 0.25) is 29.5 Å². The Morgan fingerprint density at radius 3 is 2.00 bits per heavy atom. The minimum absolute atomic E-state index is 0.0201. The van der Waals surface area contributed by atoms with E-state index in [1.807, 2.05) is 44.2 Å². The van der Waals surface area contributed by atoms with Crippen LogP contribution in [-0.2, 0) is 30.4 Å². The Balaban J connectivity index is 2.20. The van der Waals surface area contributed by atoms with E-state index in [2.05, 4.69) is 31.3 Å². The number of nitrogens with one attached hydrogen (secondary N) is 4. The molecule has 0 saturated heterocycles. The van der Waals surface area contributed by atoms with Crippen molar-refractivity contribution >= 4 is 53.2 Å². The van der Waals surface area contributed by atoms with Crippen molar-refractivity contribution in [3.8, 4) is 0 Å². The van der Waals surface area contributed by atoms with E-state index < -0.39 is 54.2 Å². The SMILES string of the molecule is CC(C)C[C@H](NC(=O)[C@H](Cc1ccc(N=C(N)N)cc1)NC(=O)CNC(=O)/C=C/c1ccccc1)C(=O)N[C@@H](CCCN=C(N)N)C(N)=O. The van der Waals surface area contributed by atoms with E-state index in [1.54, 1.807) is 30.3 Å². The molecule has 2 aromatic rings. The summed E-state index contributed by atoms with van der Waals surface area (Å²) in [6.07, 6.45) is 3.66. The highest BCUT2D eigenvalue weighted by Crippen LogP contribution is 2.15. The number of hydrogen-bond donors (Lipinski definition) is 9. The first-order valence-corrected chi connectivity index (χ1v) is 15.7. The van der Waals surface area contributed by atoms with Gasteiger partial charge in [-0.05, 0) is 54.5 Å². The number of aliphatic imine (C=N–C) groups is 2. The molecule has 16 heteroatoms. The molecule has 0 saturated carbocycles. The molecule has 3 atom stereocenters. The van der Waals surface area contributed by atoms with Crippen molar-refractivity contribution in [3.63, 3.8) is 0 Å². The van der Waals surface area contributed by atoms with Gasteiger partial charge in [-0.25, -0.2) is 4.99 Å². The largest absolute Gasteiger partial charge is 0.370 e. The number of hydrogen-bond acceptors (Lipinski definition) is 7. The summed E-state index contributed by atoms with van der Waals surface area (Å²) in [5.41, 5.74) is 29.0. The third-order valence-corrected chi connectivity index (χ3v) is 6.88. The molecule has 2 rings (SSSR count). The summed E-state index contributed by atoms with van der Waals surface area (Å²) in [6, 6.07) is 12.5. The van der Waals surface area contributed by atoms with Crippen LogP contribution < -0.4 is 49.9 Å². The van der Waals surface area contributed by atoms with Gasteiger partial charge in [0.15, 0.2) is 11.9 Å². The maximum atomic E-state index is 13.7. The van der Waals surface area contributed by atoms with Gasteiger partial charge in [-0.15, -0.1) is 0 Å². The highest BCUT2D eigenvalue weighted by Gasteiger charge is 2.30. The molecule has 14 N–H and O–H groups in total. The fourth-order valence-electron chi connectivity index (χ4n) is 4.55. The number of carbonyl (C=O) groups excluding carboxylic acids is 5. The van der Waals surface area contributed by atoms with Gasteiger partial charge in [0.05, 0.1) is 12.2 Å². The fourth-order valence-corrected chi connectivity index (χ4v) is 4.55. The molecule has 0 fully saturated rings. The molecule has 0 radical (unpaired) electrons. The molecule has 0 spiro atoms. The van der Waals surface area contributed by atoms with Gasteiger partial charge in [0, 0.05) is 19.0 Å². The molecule has 0 unspecified atom stereocenters. The van der Waals surface area contributed by atoms with Crippen LogP contribution in [0.5, 0.6) is 0 Å². The summed E-state index contributed by atoms with van der Waals surface area (Å²) in [4.78, 5) is 72.3. The van der Waals surface area contributed by atoms with Gasteiger partial charge in [-0.1, -0.05) is 56.3 Å². The van der Waals surface area contributed by atoms with Crippen LogP contribution in [0.1, 0.15) is 44.2 Å². The van der Waals surface area contributed by atoms with E-state index in [-0.39, 0.29) is 43.6 Å². The van der Waals surface area contributed by atoms with E-state index in [0.29, 0.717) is 17.7 Å². The average molecular weight is 678 g/mol. The summed E-state index contributed by atoms with van der Waals surface area (Å²) >= 11 is 0. The van der Waals surface area contributed by atoms with Gasteiger partial charge < -0.3 is 49.9 Å². The molecule has 0 aliphatic carbocycles. The number of benzene rings is 2. The molecule has 0 heterocycles.